The summed E-state index contributed by atoms with van der Waals surface area (Å²) >= 11 is 0. The number of nitrogens with zero attached hydrogens (tertiary/aromatic N) is 2. The van der Waals surface area contributed by atoms with Crippen LogP contribution in [0.25, 0.3) is 0 Å². The smallest absolute Gasteiger partial charge is 0.0474 e. The van der Waals surface area contributed by atoms with E-state index in [1.165, 1.54) is 0 Å². The lowest BCUT2D eigenvalue weighted by atomic mass is 10.3. The predicted octanol–water partition coefficient (Wildman–Crippen LogP) is 1.74. The summed E-state index contributed by atoms with van der Waals surface area (Å²) in [7, 11) is 7.07. The average molecular weight is 349 g/mol. The number of hydrogen-bond donors (Lipinski definition) is 0. The first-order valence-corrected chi connectivity index (χ1v) is 9.19. The van der Waals surface area contributed by atoms with E-state index < -0.39 is 0 Å². The molecule has 0 saturated carbocycles. The number of methoxy groups -OCH3 is 4. The van der Waals surface area contributed by atoms with Crippen molar-refractivity contribution in [1.82, 2.24) is 9.80 Å². The topological polar surface area (TPSA) is 43.4 Å². The van der Waals surface area contributed by atoms with E-state index in [-0.39, 0.29) is 0 Å². The molecule has 0 atom stereocenters. The molecular weight excluding hydrogens is 308 g/mol. The monoisotopic (exact) mass is 348 g/mol. The number of ether oxygens (including phenoxy) is 4. The summed E-state index contributed by atoms with van der Waals surface area (Å²) in [5, 5.41) is 0. The van der Waals surface area contributed by atoms with E-state index in [4.69, 9.17) is 18.9 Å². The van der Waals surface area contributed by atoms with Gasteiger partial charge in [0.05, 0.1) is 0 Å². The summed E-state index contributed by atoms with van der Waals surface area (Å²) in [5.74, 6) is 0. The van der Waals surface area contributed by atoms with Gasteiger partial charge >= 0.3 is 0 Å². The van der Waals surface area contributed by atoms with Crippen LogP contribution >= 0.6 is 0 Å². The molecule has 0 spiro atoms. The highest BCUT2D eigenvalue weighted by atomic mass is 16.5. The number of hydrogen-bond acceptors (Lipinski definition) is 6. The van der Waals surface area contributed by atoms with Crippen LogP contribution in [0.4, 0.5) is 0 Å². The third kappa shape index (κ3) is 15.3. The second-order valence-electron chi connectivity index (χ2n) is 6.07. The highest BCUT2D eigenvalue weighted by Crippen LogP contribution is 2.00. The summed E-state index contributed by atoms with van der Waals surface area (Å²) in [4.78, 5) is 5.05. The van der Waals surface area contributed by atoms with Crippen molar-refractivity contribution in [2.45, 2.75) is 25.7 Å². The van der Waals surface area contributed by atoms with E-state index in [0.29, 0.717) is 0 Å². The largest absolute Gasteiger partial charge is 0.385 e. The van der Waals surface area contributed by atoms with E-state index in [1.54, 1.807) is 28.4 Å². The van der Waals surface area contributed by atoms with E-state index in [1.807, 2.05) is 0 Å². The molecule has 6 heteroatoms. The van der Waals surface area contributed by atoms with Crippen molar-refractivity contribution in [3.05, 3.63) is 0 Å². The van der Waals surface area contributed by atoms with Crippen LogP contribution in [0.15, 0.2) is 0 Å². The van der Waals surface area contributed by atoms with Gasteiger partial charge in [-0.25, -0.2) is 0 Å². The molecule has 0 bridgehead atoms. The summed E-state index contributed by atoms with van der Waals surface area (Å²) < 4.78 is 20.7. The Kier molecular flexibility index (Phi) is 18.9. The fourth-order valence-corrected chi connectivity index (χ4v) is 2.68. The summed E-state index contributed by atoms with van der Waals surface area (Å²) in [6.45, 7) is 9.82. The van der Waals surface area contributed by atoms with Gasteiger partial charge in [-0.1, -0.05) is 0 Å². The summed E-state index contributed by atoms with van der Waals surface area (Å²) in [6.07, 6.45) is 4.32. The van der Waals surface area contributed by atoms with Crippen molar-refractivity contribution >= 4 is 0 Å². The molecule has 0 heterocycles. The van der Waals surface area contributed by atoms with Gasteiger partial charge in [0.15, 0.2) is 0 Å². The summed E-state index contributed by atoms with van der Waals surface area (Å²) in [6, 6.07) is 0. The maximum absolute atomic E-state index is 5.18. The second-order valence-corrected chi connectivity index (χ2v) is 6.07. The van der Waals surface area contributed by atoms with E-state index in [9.17, 15) is 0 Å². The van der Waals surface area contributed by atoms with Crippen LogP contribution in [-0.4, -0.2) is 104 Å². The molecule has 0 amide bonds. The molecule has 0 aliphatic heterocycles. The third-order valence-electron chi connectivity index (χ3n) is 4.02. The van der Waals surface area contributed by atoms with Crippen molar-refractivity contribution in [3.8, 4) is 0 Å². The molecule has 0 saturated heterocycles. The fourth-order valence-electron chi connectivity index (χ4n) is 2.68. The minimum atomic E-state index is 0.826. The van der Waals surface area contributed by atoms with E-state index in [2.05, 4.69) is 9.80 Å². The molecule has 0 aliphatic carbocycles. The maximum Gasteiger partial charge on any atom is 0.0474 e. The molecule has 24 heavy (non-hydrogen) atoms. The molecule has 0 aromatic carbocycles. The van der Waals surface area contributed by atoms with Gasteiger partial charge in [0.1, 0.15) is 0 Å². The van der Waals surface area contributed by atoms with Crippen molar-refractivity contribution in [1.29, 1.82) is 0 Å². The van der Waals surface area contributed by atoms with Crippen LogP contribution in [0.2, 0.25) is 0 Å². The van der Waals surface area contributed by atoms with Crippen molar-refractivity contribution < 1.29 is 18.9 Å². The molecule has 0 unspecified atom stereocenters. The van der Waals surface area contributed by atoms with Crippen LogP contribution < -0.4 is 0 Å². The Morgan fingerprint density at radius 3 is 0.875 bits per heavy atom. The molecule has 0 N–H and O–H groups in total. The lowest BCUT2D eigenvalue weighted by molar-refractivity contribution is 0.129. The Balaban J connectivity index is 4.21. The van der Waals surface area contributed by atoms with Crippen molar-refractivity contribution in [3.63, 3.8) is 0 Å². The Bertz CT molecular complexity index is 201. The molecule has 0 fully saturated rings. The highest BCUT2D eigenvalue weighted by molar-refractivity contribution is 4.65. The summed E-state index contributed by atoms with van der Waals surface area (Å²) in [5.41, 5.74) is 0. The average Bonchev–Trinajstić information content (AvgIpc) is 2.59. The fraction of sp³-hybridized carbons (Fsp3) is 1.00. The van der Waals surface area contributed by atoms with Gasteiger partial charge in [0.2, 0.25) is 0 Å². The zero-order valence-corrected chi connectivity index (χ0v) is 16.4. The molecule has 0 aliphatic rings. The highest BCUT2D eigenvalue weighted by Gasteiger charge is 2.09. The second kappa shape index (κ2) is 19.1. The SMILES string of the molecule is COCCCN(CCCOC)CCN(CCCOC)CCCOC. The zero-order valence-electron chi connectivity index (χ0n) is 16.4. The molecular formula is C18H40N2O4. The van der Waals surface area contributed by atoms with Gasteiger partial charge in [0.25, 0.3) is 0 Å². The van der Waals surface area contributed by atoms with Crippen molar-refractivity contribution in [2.24, 2.45) is 0 Å². The third-order valence-corrected chi connectivity index (χ3v) is 4.02. The molecule has 0 aromatic heterocycles. The predicted molar refractivity (Wildman–Crippen MR) is 98.9 cm³/mol. The lowest BCUT2D eigenvalue weighted by Gasteiger charge is -2.28. The van der Waals surface area contributed by atoms with Crippen LogP contribution in [0.3, 0.4) is 0 Å². The molecule has 0 rings (SSSR count). The number of rotatable bonds is 19. The first-order valence-electron chi connectivity index (χ1n) is 9.19. The Morgan fingerprint density at radius 1 is 0.417 bits per heavy atom. The quantitative estimate of drug-likeness (QED) is 0.331. The van der Waals surface area contributed by atoms with Crippen LogP contribution in [0.5, 0.6) is 0 Å². The van der Waals surface area contributed by atoms with Crippen LogP contribution in [0.1, 0.15) is 25.7 Å². The maximum atomic E-state index is 5.18. The van der Waals surface area contributed by atoms with Crippen molar-refractivity contribution in [2.75, 3.05) is 94.1 Å². The van der Waals surface area contributed by atoms with Gasteiger partial charge in [0, 0.05) is 94.1 Å². The molecule has 0 radical (unpaired) electrons. The van der Waals surface area contributed by atoms with Gasteiger partial charge in [-0.05, 0) is 25.7 Å². The Hall–Kier alpha value is -0.240. The zero-order chi connectivity index (χ0) is 17.9. The van der Waals surface area contributed by atoms with Gasteiger partial charge in [-0.3, -0.25) is 0 Å². The Morgan fingerprint density at radius 2 is 0.667 bits per heavy atom. The normalized spacial score (nSPS) is 11.8. The van der Waals surface area contributed by atoms with Crippen LogP contribution in [-0.2, 0) is 18.9 Å². The van der Waals surface area contributed by atoms with Gasteiger partial charge in [-0.2, -0.15) is 0 Å². The standard InChI is InChI=1S/C18H40N2O4/c1-21-15-5-9-19(10-6-16-22-2)13-14-20(11-7-17-23-3)12-8-18-24-4/h5-18H2,1-4H3. The van der Waals surface area contributed by atoms with Gasteiger partial charge < -0.3 is 28.7 Å². The Labute approximate surface area is 149 Å². The minimum Gasteiger partial charge on any atom is -0.385 e. The van der Waals surface area contributed by atoms with E-state index in [0.717, 1.165) is 91.4 Å². The molecule has 146 valence electrons. The van der Waals surface area contributed by atoms with Gasteiger partial charge in [-0.15, -0.1) is 0 Å². The first kappa shape index (κ1) is 23.8. The first-order chi connectivity index (χ1) is 11.8. The van der Waals surface area contributed by atoms with E-state index >= 15 is 0 Å². The minimum absolute atomic E-state index is 0.826. The van der Waals surface area contributed by atoms with Crippen LogP contribution in [0, 0.1) is 0 Å². The lowest BCUT2D eigenvalue weighted by Crippen LogP contribution is -2.38. The molecule has 6 nitrogen and oxygen atoms in total. The molecule has 0 aromatic rings.